The van der Waals surface area contributed by atoms with Crippen molar-refractivity contribution in [2.45, 2.75) is 20.8 Å². The van der Waals surface area contributed by atoms with Crippen LogP contribution in [0.15, 0.2) is 24.3 Å². The Kier molecular flexibility index (Phi) is 11.5. The fourth-order valence-corrected chi connectivity index (χ4v) is 0.754. The Hall–Kier alpha value is -2.11. The lowest BCUT2D eigenvalue weighted by Gasteiger charge is -1.89. The average molecular weight is 257 g/mol. The Bertz CT molecular complexity index is 345. The lowest BCUT2D eigenvalue weighted by molar-refractivity contribution is -0.140. The van der Waals surface area contributed by atoms with Gasteiger partial charge in [-0.2, -0.15) is 0 Å². The van der Waals surface area contributed by atoms with E-state index in [-0.39, 0.29) is 17.7 Å². The second-order valence-corrected chi connectivity index (χ2v) is 3.13. The maximum Gasteiger partial charge on any atom is 0.302 e. The molecule has 102 valence electrons. The predicted molar refractivity (Wildman–Crippen MR) is 69.5 cm³/mol. The summed E-state index contributed by atoms with van der Waals surface area (Å²) in [4.78, 5) is 9.82. The molecule has 0 atom stereocenters. The minimum atomic E-state index is -0.333. The highest BCUT2D eigenvalue weighted by Crippen LogP contribution is 2.01. The number of nitrogens with one attached hydrogen (secondary N) is 1. The summed E-state index contributed by atoms with van der Waals surface area (Å²) in [6, 6.07) is 6.70. The lowest BCUT2D eigenvalue weighted by atomic mass is 10.2. The fourth-order valence-electron chi connectivity index (χ4n) is 0.754. The van der Waals surface area contributed by atoms with Crippen molar-refractivity contribution >= 4 is 11.9 Å². The van der Waals surface area contributed by atoms with Crippen molar-refractivity contribution in [2.75, 3.05) is 6.61 Å². The van der Waals surface area contributed by atoms with Crippen molar-refractivity contribution in [3.63, 3.8) is 0 Å². The molecule has 0 amide bonds. The van der Waals surface area contributed by atoms with E-state index < -0.39 is 0 Å². The second kappa shape index (κ2) is 11.4. The van der Waals surface area contributed by atoms with Crippen LogP contribution in [0.5, 0.6) is 0 Å². The van der Waals surface area contributed by atoms with Crippen LogP contribution in [-0.4, -0.2) is 18.5 Å². The number of carbonyl (C=O) groups excluding carboxylic acids is 1. The Morgan fingerprint density at radius 2 is 1.83 bits per heavy atom. The maximum absolute atomic E-state index is 12.3. The van der Waals surface area contributed by atoms with E-state index in [1.54, 1.807) is 26.0 Å². The van der Waals surface area contributed by atoms with Gasteiger partial charge >= 0.3 is 5.97 Å². The Morgan fingerprint density at radius 3 is 2.00 bits per heavy atom. The number of nitrogens with two attached hydrogens (primary N) is 2. The van der Waals surface area contributed by atoms with Crippen LogP contribution in [0.2, 0.25) is 0 Å². The maximum atomic E-state index is 12.3. The van der Waals surface area contributed by atoms with E-state index in [0.717, 1.165) is 0 Å². The summed E-state index contributed by atoms with van der Waals surface area (Å²) in [5.41, 5.74) is 9.65. The zero-order chi connectivity index (χ0) is 14.6. The topological polar surface area (TPSA) is 102 Å². The number of esters is 1. The standard InChI is InChI=1S/C7H7F.C4H8O2.CH5N3/c1-6-4-2-3-5-7(6)8;1-3-6-4(2)5;2-1(3)4/h2-5H,1H3;3H2,1-2H3;(H5,2,3,4). The normalized spacial score (nSPS) is 8.00. The first-order valence-electron chi connectivity index (χ1n) is 5.25. The van der Waals surface area contributed by atoms with E-state index in [4.69, 9.17) is 5.41 Å². The van der Waals surface area contributed by atoms with E-state index in [0.29, 0.717) is 12.2 Å². The monoisotopic (exact) mass is 257 g/mol. The summed E-state index contributed by atoms with van der Waals surface area (Å²) in [5.74, 6) is -0.676. The first-order valence-corrected chi connectivity index (χ1v) is 5.25. The summed E-state index contributed by atoms with van der Waals surface area (Å²) >= 11 is 0. The van der Waals surface area contributed by atoms with Gasteiger partial charge in [-0.15, -0.1) is 0 Å². The molecule has 1 rings (SSSR count). The molecule has 1 aromatic carbocycles. The van der Waals surface area contributed by atoms with E-state index >= 15 is 0 Å². The van der Waals surface area contributed by atoms with Crippen LogP contribution in [0.4, 0.5) is 4.39 Å². The highest BCUT2D eigenvalue weighted by Gasteiger charge is 1.88. The molecule has 0 aliphatic carbocycles. The smallest absolute Gasteiger partial charge is 0.302 e. The Balaban J connectivity index is 0. The molecule has 0 bridgehead atoms. The number of guanidine groups is 1. The number of ether oxygens (including phenoxy) is 1. The van der Waals surface area contributed by atoms with Gasteiger partial charge in [0, 0.05) is 6.92 Å². The molecule has 6 heteroatoms. The molecule has 0 aliphatic rings. The van der Waals surface area contributed by atoms with E-state index in [1.807, 2.05) is 6.07 Å². The van der Waals surface area contributed by atoms with Crippen LogP contribution in [0.25, 0.3) is 0 Å². The van der Waals surface area contributed by atoms with Crippen LogP contribution in [-0.2, 0) is 9.53 Å². The number of rotatable bonds is 1. The molecule has 0 fully saturated rings. The summed E-state index contributed by atoms with van der Waals surface area (Å²) in [7, 11) is 0. The number of carbonyl (C=O) groups is 1. The van der Waals surface area contributed by atoms with Crippen LogP contribution >= 0.6 is 0 Å². The summed E-state index contributed by atoms with van der Waals surface area (Å²) in [6.07, 6.45) is 0. The summed E-state index contributed by atoms with van der Waals surface area (Å²) in [5, 5.41) is 6.06. The van der Waals surface area contributed by atoms with E-state index in [2.05, 4.69) is 16.2 Å². The quantitative estimate of drug-likeness (QED) is 0.403. The van der Waals surface area contributed by atoms with Gasteiger partial charge in [-0.25, -0.2) is 4.39 Å². The lowest BCUT2D eigenvalue weighted by Crippen LogP contribution is -2.20. The van der Waals surface area contributed by atoms with Gasteiger partial charge in [-0.1, -0.05) is 18.2 Å². The molecule has 0 aliphatic heterocycles. The Labute approximate surface area is 106 Å². The molecule has 0 spiro atoms. The first-order chi connectivity index (χ1) is 8.31. The number of benzene rings is 1. The predicted octanol–water partition coefficient (Wildman–Crippen LogP) is 1.54. The molecular weight excluding hydrogens is 237 g/mol. The molecule has 0 aromatic heterocycles. The van der Waals surface area contributed by atoms with E-state index in [9.17, 15) is 9.18 Å². The average Bonchev–Trinajstić information content (AvgIpc) is 2.22. The molecule has 5 nitrogen and oxygen atoms in total. The zero-order valence-corrected chi connectivity index (χ0v) is 10.9. The third kappa shape index (κ3) is 16.3. The van der Waals surface area contributed by atoms with Crippen LogP contribution in [0.3, 0.4) is 0 Å². The summed E-state index contributed by atoms with van der Waals surface area (Å²) in [6.45, 7) is 5.40. The van der Waals surface area contributed by atoms with Gasteiger partial charge in [0.2, 0.25) is 0 Å². The molecule has 0 heterocycles. The van der Waals surface area contributed by atoms with Gasteiger partial charge in [0.05, 0.1) is 6.61 Å². The Morgan fingerprint density at radius 1 is 1.39 bits per heavy atom. The van der Waals surface area contributed by atoms with Gasteiger partial charge in [-0.3, -0.25) is 10.2 Å². The van der Waals surface area contributed by atoms with Gasteiger partial charge in [-0.05, 0) is 25.5 Å². The minimum absolute atomic E-state index is 0.132. The molecule has 0 saturated heterocycles. The second-order valence-electron chi connectivity index (χ2n) is 3.13. The first kappa shape index (κ1) is 18.3. The molecule has 0 unspecified atom stereocenters. The number of halogens is 1. The molecule has 5 N–H and O–H groups in total. The van der Waals surface area contributed by atoms with E-state index in [1.165, 1.54) is 13.0 Å². The third-order valence-corrected chi connectivity index (χ3v) is 1.42. The zero-order valence-electron chi connectivity index (χ0n) is 10.9. The molecular formula is C12H20FN3O2. The SMILES string of the molecule is CCOC(C)=O.Cc1ccccc1F.N=C(N)N. The van der Waals surface area contributed by atoms with Crippen LogP contribution in [0, 0.1) is 18.2 Å². The molecule has 18 heavy (non-hydrogen) atoms. The van der Waals surface area contributed by atoms with Crippen molar-refractivity contribution in [2.24, 2.45) is 11.5 Å². The van der Waals surface area contributed by atoms with Gasteiger partial charge in [0.1, 0.15) is 5.82 Å². The van der Waals surface area contributed by atoms with Crippen molar-refractivity contribution in [1.29, 1.82) is 5.41 Å². The van der Waals surface area contributed by atoms with Gasteiger partial charge in [0.15, 0.2) is 5.96 Å². The number of hydrogen-bond acceptors (Lipinski definition) is 3. The third-order valence-electron chi connectivity index (χ3n) is 1.42. The number of aryl methyl sites for hydroxylation is 1. The number of hydrogen-bond donors (Lipinski definition) is 3. The van der Waals surface area contributed by atoms with Crippen molar-refractivity contribution < 1.29 is 13.9 Å². The minimum Gasteiger partial charge on any atom is -0.466 e. The van der Waals surface area contributed by atoms with Crippen molar-refractivity contribution in [3.05, 3.63) is 35.6 Å². The largest absolute Gasteiger partial charge is 0.466 e. The summed E-state index contributed by atoms with van der Waals surface area (Å²) < 4.78 is 16.7. The molecule has 0 radical (unpaired) electrons. The molecule has 1 aromatic rings. The highest BCUT2D eigenvalue weighted by atomic mass is 19.1. The fraction of sp³-hybridized carbons (Fsp3) is 0.333. The van der Waals surface area contributed by atoms with Crippen molar-refractivity contribution in [1.82, 2.24) is 0 Å². The van der Waals surface area contributed by atoms with Crippen molar-refractivity contribution in [3.8, 4) is 0 Å². The van der Waals surface area contributed by atoms with Gasteiger partial charge < -0.3 is 16.2 Å². The highest BCUT2D eigenvalue weighted by molar-refractivity contribution is 5.71. The van der Waals surface area contributed by atoms with Crippen LogP contribution < -0.4 is 11.5 Å². The molecule has 0 saturated carbocycles. The van der Waals surface area contributed by atoms with Gasteiger partial charge in [0.25, 0.3) is 0 Å². The van der Waals surface area contributed by atoms with Crippen LogP contribution in [0.1, 0.15) is 19.4 Å².